The van der Waals surface area contributed by atoms with Gasteiger partial charge < -0.3 is 5.32 Å². The van der Waals surface area contributed by atoms with Gasteiger partial charge in [0.2, 0.25) is 0 Å². The van der Waals surface area contributed by atoms with Gasteiger partial charge in [-0.2, -0.15) is 0 Å². The average Bonchev–Trinajstić information content (AvgIpc) is 2.75. The van der Waals surface area contributed by atoms with Gasteiger partial charge in [-0.25, -0.2) is 0 Å². The zero-order chi connectivity index (χ0) is 13.0. The number of hydrogen-bond donors (Lipinski definition) is 1. The fraction of sp³-hybridized carbons (Fsp3) is 0.615. The van der Waals surface area contributed by atoms with E-state index in [4.69, 9.17) is 11.6 Å². The average molecular weight is 303 g/mol. The number of nitrogens with one attached hydrogen (secondary N) is 1. The van der Waals surface area contributed by atoms with Crippen LogP contribution in [0.3, 0.4) is 0 Å². The zero-order valence-electron chi connectivity index (χ0n) is 10.8. The van der Waals surface area contributed by atoms with E-state index in [2.05, 4.69) is 30.2 Å². The van der Waals surface area contributed by atoms with E-state index in [1.54, 1.807) is 11.3 Å². The molecular formula is C13H19ClN2S2. The fourth-order valence-corrected chi connectivity index (χ4v) is 3.96. The highest BCUT2D eigenvalue weighted by Gasteiger charge is 2.19. The molecule has 0 bridgehead atoms. The Labute approximate surface area is 122 Å². The van der Waals surface area contributed by atoms with Gasteiger partial charge >= 0.3 is 0 Å². The predicted molar refractivity (Wildman–Crippen MR) is 84.2 cm³/mol. The van der Waals surface area contributed by atoms with Crippen molar-refractivity contribution in [2.45, 2.75) is 32.7 Å². The molecule has 1 aliphatic heterocycles. The molecule has 0 amide bonds. The maximum atomic E-state index is 5.91. The van der Waals surface area contributed by atoms with Crippen molar-refractivity contribution in [1.82, 2.24) is 5.32 Å². The molecule has 1 N–H and O–H groups in total. The van der Waals surface area contributed by atoms with E-state index in [0.717, 1.165) is 22.5 Å². The molecule has 0 spiro atoms. The Morgan fingerprint density at radius 2 is 2.33 bits per heavy atom. The fourth-order valence-electron chi connectivity index (χ4n) is 1.90. The van der Waals surface area contributed by atoms with E-state index in [9.17, 15) is 0 Å². The van der Waals surface area contributed by atoms with Gasteiger partial charge in [0.15, 0.2) is 5.17 Å². The summed E-state index contributed by atoms with van der Waals surface area (Å²) < 4.78 is 0.864. The molecule has 1 saturated heterocycles. The molecular weight excluding hydrogens is 284 g/mol. The molecule has 1 aromatic heterocycles. The van der Waals surface area contributed by atoms with Gasteiger partial charge in [0.05, 0.1) is 4.34 Å². The SMILES string of the molecule is CC(C)C1CCSC(=NCCc2ccc(Cl)s2)N1. The lowest BCUT2D eigenvalue weighted by molar-refractivity contribution is 0.442. The third-order valence-electron chi connectivity index (χ3n) is 3.02. The second kappa shape index (κ2) is 6.83. The molecule has 5 heteroatoms. The molecule has 2 rings (SSSR count). The Morgan fingerprint density at radius 1 is 1.50 bits per heavy atom. The quantitative estimate of drug-likeness (QED) is 0.907. The van der Waals surface area contributed by atoms with Crippen molar-refractivity contribution in [3.05, 3.63) is 21.3 Å². The summed E-state index contributed by atoms with van der Waals surface area (Å²) in [6.07, 6.45) is 2.22. The predicted octanol–water partition coefficient (Wildman–Crippen LogP) is 4.05. The van der Waals surface area contributed by atoms with Gasteiger partial charge in [0.25, 0.3) is 0 Å². The lowest BCUT2D eigenvalue weighted by Crippen LogP contribution is -2.41. The minimum absolute atomic E-state index is 0.584. The molecule has 0 aliphatic carbocycles. The highest BCUT2D eigenvalue weighted by atomic mass is 35.5. The molecule has 1 fully saturated rings. The molecule has 0 aromatic carbocycles. The monoisotopic (exact) mass is 302 g/mol. The van der Waals surface area contributed by atoms with Crippen molar-refractivity contribution in [3.8, 4) is 0 Å². The summed E-state index contributed by atoms with van der Waals surface area (Å²) in [5, 5.41) is 4.65. The van der Waals surface area contributed by atoms with E-state index in [1.807, 2.05) is 17.8 Å². The smallest absolute Gasteiger partial charge is 0.156 e. The van der Waals surface area contributed by atoms with Crippen LogP contribution in [0.1, 0.15) is 25.1 Å². The first-order chi connectivity index (χ1) is 8.65. The highest BCUT2D eigenvalue weighted by Crippen LogP contribution is 2.22. The van der Waals surface area contributed by atoms with E-state index in [1.165, 1.54) is 17.1 Å². The third-order valence-corrected chi connectivity index (χ3v) is 5.27. The van der Waals surface area contributed by atoms with E-state index in [0.29, 0.717) is 12.0 Å². The largest absolute Gasteiger partial charge is 0.362 e. The van der Waals surface area contributed by atoms with Crippen LogP contribution in [0.4, 0.5) is 0 Å². The van der Waals surface area contributed by atoms with Gasteiger partial charge in [0.1, 0.15) is 0 Å². The summed E-state index contributed by atoms with van der Waals surface area (Å²) in [4.78, 5) is 5.96. The molecule has 2 heterocycles. The topological polar surface area (TPSA) is 24.4 Å². The minimum Gasteiger partial charge on any atom is -0.362 e. The van der Waals surface area contributed by atoms with Crippen molar-refractivity contribution in [2.75, 3.05) is 12.3 Å². The normalized spacial score (nSPS) is 22.4. The Morgan fingerprint density at radius 3 is 3.00 bits per heavy atom. The molecule has 1 aliphatic rings. The van der Waals surface area contributed by atoms with Crippen LogP contribution in [-0.4, -0.2) is 23.5 Å². The van der Waals surface area contributed by atoms with Crippen molar-refractivity contribution < 1.29 is 0 Å². The van der Waals surface area contributed by atoms with Gasteiger partial charge in [-0.1, -0.05) is 37.2 Å². The highest BCUT2D eigenvalue weighted by molar-refractivity contribution is 8.13. The van der Waals surface area contributed by atoms with Crippen LogP contribution < -0.4 is 5.32 Å². The first-order valence-corrected chi connectivity index (χ1v) is 8.51. The van der Waals surface area contributed by atoms with Crippen LogP contribution in [0.5, 0.6) is 0 Å². The molecule has 1 unspecified atom stereocenters. The van der Waals surface area contributed by atoms with E-state index >= 15 is 0 Å². The number of amidine groups is 1. The van der Waals surface area contributed by atoms with E-state index < -0.39 is 0 Å². The summed E-state index contributed by atoms with van der Waals surface area (Å²) in [6.45, 7) is 5.37. The Bertz CT molecular complexity index is 415. The van der Waals surface area contributed by atoms with Crippen molar-refractivity contribution in [2.24, 2.45) is 10.9 Å². The Kier molecular flexibility index (Phi) is 5.39. The maximum absolute atomic E-state index is 5.91. The van der Waals surface area contributed by atoms with Gasteiger partial charge in [-0.15, -0.1) is 11.3 Å². The first kappa shape index (κ1) is 14.2. The zero-order valence-corrected chi connectivity index (χ0v) is 13.2. The number of thioether (sulfide) groups is 1. The molecule has 1 atom stereocenters. The standard InChI is InChI=1S/C13H19ClN2S2/c1-9(2)11-6-8-17-13(16-11)15-7-5-10-3-4-12(14)18-10/h3-4,9,11H,5-8H2,1-2H3,(H,15,16). The lowest BCUT2D eigenvalue weighted by atomic mass is 10.0. The van der Waals surface area contributed by atoms with Crippen LogP contribution in [0.15, 0.2) is 17.1 Å². The first-order valence-electron chi connectivity index (χ1n) is 6.33. The molecule has 0 radical (unpaired) electrons. The molecule has 1 aromatic rings. The third kappa shape index (κ3) is 4.18. The molecule has 18 heavy (non-hydrogen) atoms. The van der Waals surface area contributed by atoms with Crippen molar-refractivity contribution in [3.63, 3.8) is 0 Å². The summed E-state index contributed by atoms with van der Waals surface area (Å²) in [5.41, 5.74) is 0. The number of aliphatic imine (C=N–C) groups is 1. The lowest BCUT2D eigenvalue weighted by Gasteiger charge is -2.28. The number of thiophene rings is 1. The number of nitrogens with zero attached hydrogens (tertiary/aromatic N) is 1. The second-order valence-electron chi connectivity index (χ2n) is 4.77. The summed E-state index contributed by atoms with van der Waals surface area (Å²) in [6, 6.07) is 4.63. The van der Waals surface area contributed by atoms with Gasteiger partial charge in [-0.3, -0.25) is 4.99 Å². The molecule has 2 nitrogen and oxygen atoms in total. The Hall–Kier alpha value is -0.190. The summed E-state index contributed by atoms with van der Waals surface area (Å²) in [7, 11) is 0. The molecule has 0 saturated carbocycles. The van der Waals surface area contributed by atoms with Gasteiger partial charge in [-0.05, 0) is 24.5 Å². The Balaban J connectivity index is 1.82. The summed E-state index contributed by atoms with van der Waals surface area (Å²) in [5.74, 6) is 1.85. The van der Waals surface area contributed by atoms with Crippen molar-refractivity contribution in [1.29, 1.82) is 0 Å². The van der Waals surface area contributed by atoms with Crippen LogP contribution in [0.25, 0.3) is 0 Å². The van der Waals surface area contributed by atoms with E-state index in [-0.39, 0.29) is 0 Å². The van der Waals surface area contributed by atoms with Crippen LogP contribution in [0.2, 0.25) is 4.34 Å². The van der Waals surface area contributed by atoms with Crippen molar-refractivity contribution >= 4 is 39.9 Å². The minimum atomic E-state index is 0.584. The summed E-state index contributed by atoms with van der Waals surface area (Å²) >= 11 is 9.40. The number of hydrogen-bond acceptors (Lipinski definition) is 3. The number of rotatable bonds is 4. The number of halogens is 1. The second-order valence-corrected chi connectivity index (χ2v) is 7.66. The molecule has 100 valence electrons. The maximum Gasteiger partial charge on any atom is 0.156 e. The van der Waals surface area contributed by atoms with Crippen LogP contribution in [-0.2, 0) is 6.42 Å². The van der Waals surface area contributed by atoms with Crippen LogP contribution in [0, 0.1) is 5.92 Å². The van der Waals surface area contributed by atoms with Gasteiger partial charge in [0, 0.05) is 29.6 Å². The van der Waals surface area contributed by atoms with Crippen LogP contribution >= 0.6 is 34.7 Å².